The molecule has 2 fully saturated rings. The van der Waals surface area contributed by atoms with Gasteiger partial charge in [-0.15, -0.1) is 0 Å². The van der Waals surface area contributed by atoms with E-state index in [2.05, 4.69) is 27.9 Å². The number of benzene rings is 2. The number of hydrogen-bond acceptors (Lipinski definition) is 11. The van der Waals surface area contributed by atoms with Crippen LogP contribution in [0.15, 0.2) is 59.6 Å². The average Bonchev–Trinajstić information content (AvgIpc) is 3.36. The molecule has 0 spiro atoms. The molecule has 3 aromatic rings. The molecule has 3 aliphatic heterocycles. The molecule has 46 heavy (non-hydrogen) atoms. The van der Waals surface area contributed by atoms with Crippen LogP contribution >= 0.6 is 0 Å². The van der Waals surface area contributed by atoms with Gasteiger partial charge in [0.05, 0.1) is 38.6 Å². The van der Waals surface area contributed by atoms with Crippen LogP contribution in [0.2, 0.25) is 0 Å². The molecule has 13 heteroatoms. The van der Waals surface area contributed by atoms with Crippen molar-refractivity contribution in [3.8, 4) is 23.4 Å². The first-order valence-corrected chi connectivity index (χ1v) is 16.7. The topological polar surface area (TPSA) is 129 Å². The lowest BCUT2D eigenvalue weighted by molar-refractivity contribution is -0.128. The number of carbonyl (C=O) groups is 1. The molecule has 242 valence electrons. The Morgan fingerprint density at radius 3 is 2.30 bits per heavy atom. The summed E-state index contributed by atoms with van der Waals surface area (Å²) >= 11 is 0. The summed E-state index contributed by atoms with van der Waals surface area (Å²) in [7, 11) is 1.90. The number of sulfonamides is 1. The van der Waals surface area contributed by atoms with Crippen LogP contribution in [0.5, 0.6) is 17.4 Å². The number of pyridine rings is 1. The third-order valence-corrected chi connectivity index (χ3v) is 11.2. The summed E-state index contributed by atoms with van der Waals surface area (Å²) in [4.78, 5) is 26.3. The summed E-state index contributed by atoms with van der Waals surface area (Å²) in [6.07, 6.45) is 3.71. The third-order valence-electron chi connectivity index (χ3n) is 9.46. The molecule has 0 N–H and O–H groups in total. The van der Waals surface area contributed by atoms with Crippen LogP contribution in [0.1, 0.15) is 29.5 Å². The highest BCUT2D eigenvalue weighted by molar-refractivity contribution is 7.93. The number of nitrogens with zero attached hydrogens (tertiary/aromatic N) is 6. The van der Waals surface area contributed by atoms with E-state index in [1.807, 2.05) is 4.90 Å². The van der Waals surface area contributed by atoms with Gasteiger partial charge in [0.1, 0.15) is 16.4 Å². The molecule has 4 heterocycles. The van der Waals surface area contributed by atoms with Crippen molar-refractivity contribution in [1.29, 1.82) is 5.26 Å². The van der Waals surface area contributed by atoms with Gasteiger partial charge in [0.15, 0.2) is 5.54 Å². The molecule has 1 atom stereocenters. The average molecular weight is 647 g/mol. The molecule has 1 amide bonds. The molecule has 0 aliphatic carbocycles. The third kappa shape index (κ3) is 5.06. The minimum atomic E-state index is -4.54. The normalized spacial score (nSPS) is 21.5. The number of piperazine rings is 1. The second-order valence-electron chi connectivity index (χ2n) is 11.8. The van der Waals surface area contributed by atoms with Gasteiger partial charge in [0, 0.05) is 55.6 Å². The van der Waals surface area contributed by atoms with E-state index in [9.17, 15) is 13.7 Å². The maximum atomic E-state index is 15.3. The standard InChI is InChI=1S/C33H38N6O6S/c1-36-14-11-24(12-15-36)37-16-18-38(19-17-37)33(26-6-5-13-35-31(26)45-4)27-20-23(22-34)7-9-28(27)39(32(33)40)46(41,42)30-10-8-25(43-2)21-29(30)44-3/h5-10,13,20-21,24H,11-12,14-19H2,1-4H3. The number of carbonyl (C=O) groups excluding carboxylic acids is 1. The number of amides is 1. The molecule has 1 unspecified atom stereocenters. The van der Waals surface area contributed by atoms with Crippen LogP contribution in [-0.4, -0.2) is 108 Å². The lowest BCUT2D eigenvalue weighted by Gasteiger charge is -2.47. The van der Waals surface area contributed by atoms with Crippen molar-refractivity contribution in [1.82, 2.24) is 19.7 Å². The summed E-state index contributed by atoms with van der Waals surface area (Å²) in [5.41, 5.74) is -0.402. The van der Waals surface area contributed by atoms with Crippen molar-refractivity contribution in [2.75, 3.05) is 72.0 Å². The summed E-state index contributed by atoms with van der Waals surface area (Å²) in [6.45, 7) is 4.41. The lowest BCUT2D eigenvalue weighted by atomic mass is 9.81. The molecule has 0 saturated carbocycles. The van der Waals surface area contributed by atoms with Gasteiger partial charge >= 0.3 is 0 Å². The number of rotatable bonds is 8. The van der Waals surface area contributed by atoms with Crippen molar-refractivity contribution < 1.29 is 27.4 Å². The first-order valence-electron chi connectivity index (χ1n) is 15.2. The number of likely N-dealkylation sites (tertiary alicyclic amines) is 1. The van der Waals surface area contributed by atoms with Crippen LogP contribution in [0.25, 0.3) is 0 Å². The van der Waals surface area contributed by atoms with E-state index in [0.29, 0.717) is 54.7 Å². The van der Waals surface area contributed by atoms with Crippen LogP contribution < -0.4 is 18.5 Å². The minimum absolute atomic E-state index is 0.0329. The van der Waals surface area contributed by atoms with Gasteiger partial charge in [-0.1, -0.05) is 0 Å². The van der Waals surface area contributed by atoms with Crippen molar-refractivity contribution in [2.45, 2.75) is 29.3 Å². The Kier molecular flexibility index (Phi) is 8.64. The highest BCUT2D eigenvalue weighted by atomic mass is 32.2. The Labute approximate surface area is 269 Å². The highest BCUT2D eigenvalue weighted by Crippen LogP contribution is 2.53. The van der Waals surface area contributed by atoms with Gasteiger partial charge in [-0.25, -0.2) is 17.7 Å². The number of ether oxygens (including phenoxy) is 3. The van der Waals surface area contributed by atoms with E-state index < -0.39 is 21.5 Å². The summed E-state index contributed by atoms with van der Waals surface area (Å²) in [5.74, 6) is -0.0669. The number of piperidine rings is 1. The summed E-state index contributed by atoms with van der Waals surface area (Å²) in [6, 6.07) is 15.1. The monoisotopic (exact) mass is 646 g/mol. The fourth-order valence-corrected chi connectivity index (χ4v) is 8.72. The number of fused-ring (bicyclic) bond motifs is 1. The number of methoxy groups -OCH3 is 3. The molecule has 1 aromatic heterocycles. The Bertz CT molecular complexity index is 1780. The molecule has 6 rings (SSSR count). The Hall–Kier alpha value is -4.22. The zero-order valence-corrected chi connectivity index (χ0v) is 27.3. The summed E-state index contributed by atoms with van der Waals surface area (Å²) < 4.78 is 46.6. The Balaban J connectivity index is 1.52. The second kappa shape index (κ2) is 12.5. The fourth-order valence-electron chi connectivity index (χ4n) is 7.12. The van der Waals surface area contributed by atoms with Crippen LogP contribution in [0.3, 0.4) is 0 Å². The van der Waals surface area contributed by atoms with Crippen molar-refractivity contribution in [2.24, 2.45) is 0 Å². The predicted molar refractivity (Wildman–Crippen MR) is 171 cm³/mol. The molecule has 0 bridgehead atoms. The smallest absolute Gasteiger partial charge is 0.274 e. The van der Waals surface area contributed by atoms with Gasteiger partial charge in [-0.3, -0.25) is 14.6 Å². The number of nitriles is 1. The minimum Gasteiger partial charge on any atom is -0.497 e. The maximum Gasteiger partial charge on any atom is 0.274 e. The van der Waals surface area contributed by atoms with E-state index in [-0.39, 0.29) is 22.2 Å². The molecule has 2 saturated heterocycles. The van der Waals surface area contributed by atoms with Gasteiger partial charge in [-0.05, 0) is 75.4 Å². The van der Waals surface area contributed by atoms with Crippen LogP contribution in [-0.2, 0) is 20.4 Å². The SMILES string of the molecule is COc1ccc(S(=O)(=O)N2C(=O)C(c3cccnc3OC)(N3CCN(C4CCN(C)CC4)CC3)c3cc(C#N)ccc32)c(OC)c1. The quantitative estimate of drug-likeness (QED) is 0.358. The summed E-state index contributed by atoms with van der Waals surface area (Å²) in [5, 5.41) is 9.95. The molecule has 12 nitrogen and oxygen atoms in total. The first kappa shape index (κ1) is 31.7. The molecular weight excluding hydrogens is 608 g/mol. The highest BCUT2D eigenvalue weighted by Gasteiger charge is 2.61. The van der Waals surface area contributed by atoms with E-state index >= 15 is 4.79 Å². The fraction of sp³-hybridized carbons (Fsp3) is 0.424. The molecule has 2 aromatic carbocycles. The van der Waals surface area contributed by atoms with Gasteiger partial charge in [-0.2, -0.15) is 5.26 Å². The van der Waals surface area contributed by atoms with Crippen molar-refractivity contribution in [3.05, 3.63) is 71.4 Å². The number of aromatic nitrogens is 1. The van der Waals surface area contributed by atoms with E-state index in [1.165, 1.54) is 51.7 Å². The number of hydrogen-bond donors (Lipinski definition) is 0. The van der Waals surface area contributed by atoms with Crippen LogP contribution in [0, 0.1) is 11.3 Å². The molecule has 3 aliphatic rings. The maximum absolute atomic E-state index is 15.3. The zero-order chi connectivity index (χ0) is 32.6. The van der Waals surface area contributed by atoms with E-state index in [1.54, 1.807) is 24.4 Å². The lowest BCUT2D eigenvalue weighted by Crippen LogP contribution is -2.62. The van der Waals surface area contributed by atoms with Crippen molar-refractivity contribution >= 4 is 21.6 Å². The van der Waals surface area contributed by atoms with E-state index in [4.69, 9.17) is 14.2 Å². The van der Waals surface area contributed by atoms with Gasteiger partial charge in [0.2, 0.25) is 5.88 Å². The van der Waals surface area contributed by atoms with Crippen LogP contribution in [0.4, 0.5) is 5.69 Å². The predicted octanol–water partition coefficient (Wildman–Crippen LogP) is 2.67. The van der Waals surface area contributed by atoms with Gasteiger partial charge in [0.25, 0.3) is 15.9 Å². The molecular formula is C33H38N6O6S. The molecule has 0 radical (unpaired) electrons. The Morgan fingerprint density at radius 2 is 1.65 bits per heavy atom. The second-order valence-corrected chi connectivity index (χ2v) is 13.5. The largest absolute Gasteiger partial charge is 0.497 e. The van der Waals surface area contributed by atoms with Gasteiger partial charge < -0.3 is 19.1 Å². The first-order chi connectivity index (χ1) is 22.2. The Morgan fingerprint density at radius 1 is 0.913 bits per heavy atom. The van der Waals surface area contributed by atoms with E-state index in [0.717, 1.165) is 30.2 Å². The van der Waals surface area contributed by atoms with Crippen molar-refractivity contribution in [3.63, 3.8) is 0 Å². The zero-order valence-electron chi connectivity index (χ0n) is 26.5. The number of anilines is 1.